The van der Waals surface area contributed by atoms with Gasteiger partial charge >= 0.3 is 0 Å². The van der Waals surface area contributed by atoms with E-state index in [0.29, 0.717) is 0 Å². The van der Waals surface area contributed by atoms with Gasteiger partial charge in [0.15, 0.2) is 0 Å². The second-order valence-electron chi connectivity index (χ2n) is 6.08. The summed E-state index contributed by atoms with van der Waals surface area (Å²) in [4.78, 5) is 11.3. The third-order valence-corrected chi connectivity index (χ3v) is 4.08. The molecule has 4 nitrogen and oxygen atoms in total. The molecular formula is C21H24N4. The highest BCUT2D eigenvalue weighted by molar-refractivity contribution is 5.42. The molecule has 2 aromatic carbocycles. The van der Waals surface area contributed by atoms with Crippen molar-refractivity contribution in [2.75, 3.05) is 16.8 Å². The second kappa shape index (κ2) is 8.29. The van der Waals surface area contributed by atoms with Crippen LogP contribution in [0.2, 0.25) is 0 Å². The summed E-state index contributed by atoms with van der Waals surface area (Å²) in [6.45, 7) is 6.64. The summed E-state index contributed by atoms with van der Waals surface area (Å²) in [5, 5.41) is 3.39. The fourth-order valence-electron chi connectivity index (χ4n) is 2.74. The molecule has 25 heavy (non-hydrogen) atoms. The van der Waals surface area contributed by atoms with Crippen molar-refractivity contribution in [3.05, 3.63) is 83.6 Å². The van der Waals surface area contributed by atoms with Crippen molar-refractivity contribution < 1.29 is 0 Å². The Morgan fingerprint density at radius 2 is 1.76 bits per heavy atom. The lowest BCUT2D eigenvalue weighted by Gasteiger charge is -2.21. The van der Waals surface area contributed by atoms with Crippen molar-refractivity contribution in [1.82, 2.24) is 9.97 Å². The predicted molar refractivity (Wildman–Crippen MR) is 104 cm³/mol. The molecule has 3 aromatic rings. The van der Waals surface area contributed by atoms with Crippen molar-refractivity contribution in [2.45, 2.75) is 26.9 Å². The van der Waals surface area contributed by atoms with Crippen molar-refractivity contribution in [3.63, 3.8) is 0 Å². The molecule has 0 saturated carbocycles. The lowest BCUT2D eigenvalue weighted by Crippen LogP contribution is -2.24. The Bertz CT molecular complexity index is 802. The minimum Gasteiger partial charge on any atom is -0.366 e. The molecule has 0 atom stereocenters. The summed E-state index contributed by atoms with van der Waals surface area (Å²) in [6, 6.07) is 20.8. The molecule has 0 saturated heterocycles. The van der Waals surface area contributed by atoms with Crippen LogP contribution in [0.3, 0.4) is 0 Å². The van der Waals surface area contributed by atoms with Gasteiger partial charge in [-0.15, -0.1) is 0 Å². The van der Waals surface area contributed by atoms with E-state index >= 15 is 0 Å². The highest BCUT2D eigenvalue weighted by atomic mass is 15.3. The first kappa shape index (κ1) is 17.0. The van der Waals surface area contributed by atoms with E-state index in [4.69, 9.17) is 0 Å². The Hall–Kier alpha value is -2.88. The molecule has 1 aromatic heterocycles. The number of hydrogen-bond acceptors (Lipinski definition) is 4. The van der Waals surface area contributed by atoms with Crippen LogP contribution in [0.5, 0.6) is 0 Å². The SMILES string of the molecule is CCN(Cc1ccccc1)c1nccc(NCc2cccc(C)c2)n1. The molecule has 1 N–H and O–H groups in total. The van der Waals surface area contributed by atoms with Gasteiger partial charge in [0.05, 0.1) is 0 Å². The normalized spacial score (nSPS) is 10.5. The number of nitrogens with one attached hydrogen (secondary N) is 1. The zero-order chi connectivity index (χ0) is 17.5. The average molecular weight is 332 g/mol. The van der Waals surface area contributed by atoms with Gasteiger partial charge in [0.25, 0.3) is 0 Å². The van der Waals surface area contributed by atoms with Crippen LogP contribution in [0.4, 0.5) is 11.8 Å². The van der Waals surface area contributed by atoms with Crippen LogP contribution in [-0.2, 0) is 13.1 Å². The first-order chi connectivity index (χ1) is 12.2. The standard InChI is InChI=1S/C21H24N4/c1-3-25(16-18-9-5-4-6-10-18)21-22-13-12-20(24-21)23-15-19-11-7-8-17(2)14-19/h4-14H,3,15-16H2,1-2H3,(H,22,23,24). The minimum atomic E-state index is 0.751. The van der Waals surface area contributed by atoms with Crippen LogP contribution in [0.1, 0.15) is 23.6 Å². The third-order valence-electron chi connectivity index (χ3n) is 4.08. The number of nitrogens with zero attached hydrogens (tertiary/aromatic N) is 3. The van der Waals surface area contributed by atoms with Crippen LogP contribution < -0.4 is 10.2 Å². The van der Waals surface area contributed by atoms with Gasteiger partial charge in [-0.2, -0.15) is 4.98 Å². The Kier molecular flexibility index (Phi) is 5.62. The van der Waals surface area contributed by atoms with Gasteiger partial charge in [-0.3, -0.25) is 0 Å². The number of anilines is 2. The summed E-state index contributed by atoms with van der Waals surface area (Å²) in [7, 11) is 0. The van der Waals surface area contributed by atoms with Crippen LogP contribution in [0, 0.1) is 6.92 Å². The fourth-order valence-corrected chi connectivity index (χ4v) is 2.74. The highest BCUT2D eigenvalue weighted by Crippen LogP contribution is 2.15. The van der Waals surface area contributed by atoms with Crippen molar-refractivity contribution >= 4 is 11.8 Å². The van der Waals surface area contributed by atoms with E-state index in [1.807, 2.05) is 18.3 Å². The maximum absolute atomic E-state index is 4.68. The average Bonchev–Trinajstić information content (AvgIpc) is 2.65. The van der Waals surface area contributed by atoms with Gasteiger partial charge in [0, 0.05) is 25.8 Å². The molecule has 0 amide bonds. The molecule has 0 aliphatic rings. The Morgan fingerprint density at radius 3 is 2.52 bits per heavy atom. The molecule has 0 aliphatic carbocycles. The number of rotatable bonds is 7. The number of aryl methyl sites for hydroxylation is 1. The smallest absolute Gasteiger partial charge is 0.227 e. The van der Waals surface area contributed by atoms with Gasteiger partial charge in [0.2, 0.25) is 5.95 Å². The number of hydrogen-bond donors (Lipinski definition) is 1. The van der Waals surface area contributed by atoms with Gasteiger partial charge in [-0.25, -0.2) is 4.98 Å². The molecule has 3 rings (SSSR count). The third kappa shape index (κ3) is 4.80. The van der Waals surface area contributed by atoms with Gasteiger partial charge in [-0.1, -0.05) is 60.2 Å². The van der Waals surface area contributed by atoms with Crippen molar-refractivity contribution in [3.8, 4) is 0 Å². The zero-order valence-corrected chi connectivity index (χ0v) is 14.8. The molecular weight excluding hydrogens is 308 g/mol. The molecule has 4 heteroatoms. The van der Waals surface area contributed by atoms with Crippen LogP contribution in [0.25, 0.3) is 0 Å². The second-order valence-corrected chi connectivity index (χ2v) is 6.08. The number of benzene rings is 2. The van der Waals surface area contributed by atoms with E-state index in [-0.39, 0.29) is 0 Å². The lowest BCUT2D eigenvalue weighted by molar-refractivity contribution is 0.791. The fraction of sp³-hybridized carbons (Fsp3) is 0.238. The van der Waals surface area contributed by atoms with Crippen LogP contribution >= 0.6 is 0 Å². The predicted octanol–water partition coefficient (Wildman–Crippen LogP) is 4.42. The summed E-state index contributed by atoms with van der Waals surface area (Å²) in [6.07, 6.45) is 1.81. The van der Waals surface area contributed by atoms with Crippen LogP contribution in [-0.4, -0.2) is 16.5 Å². The summed E-state index contributed by atoms with van der Waals surface area (Å²) in [5.74, 6) is 1.60. The van der Waals surface area contributed by atoms with Gasteiger partial charge in [-0.05, 0) is 31.0 Å². The van der Waals surface area contributed by atoms with E-state index in [2.05, 4.69) is 82.6 Å². The van der Waals surface area contributed by atoms with E-state index < -0.39 is 0 Å². The Labute approximate surface area is 149 Å². The Morgan fingerprint density at radius 1 is 0.960 bits per heavy atom. The quantitative estimate of drug-likeness (QED) is 0.695. The van der Waals surface area contributed by atoms with E-state index in [9.17, 15) is 0 Å². The zero-order valence-electron chi connectivity index (χ0n) is 14.8. The molecule has 0 aliphatic heterocycles. The summed E-state index contributed by atoms with van der Waals surface area (Å²) in [5.41, 5.74) is 3.77. The molecule has 128 valence electrons. The number of aromatic nitrogens is 2. The summed E-state index contributed by atoms with van der Waals surface area (Å²) < 4.78 is 0. The first-order valence-electron chi connectivity index (χ1n) is 8.66. The summed E-state index contributed by atoms with van der Waals surface area (Å²) >= 11 is 0. The maximum Gasteiger partial charge on any atom is 0.227 e. The minimum absolute atomic E-state index is 0.751. The van der Waals surface area contributed by atoms with Crippen molar-refractivity contribution in [1.29, 1.82) is 0 Å². The van der Waals surface area contributed by atoms with E-state index in [0.717, 1.165) is 31.4 Å². The molecule has 0 fully saturated rings. The largest absolute Gasteiger partial charge is 0.366 e. The maximum atomic E-state index is 4.68. The monoisotopic (exact) mass is 332 g/mol. The first-order valence-corrected chi connectivity index (χ1v) is 8.66. The Balaban J connectivity index is 1.69. The molecule has 0 spiro atoms. The van der Waals surface area contributed by atoms with Gasteiger partial charge in [0.1, 0.15) is 5.82 Å². The van der Waals surface area contributed by atoms with Crippen LogP contribution in [0.15, 0.2) is 66.9 Å². The van der Waals surface area contributed by atoms with Crippen molar-refractivity contribution in [2.24, 2.45) is 0 Å². The molecule has 0 radical (unpaired) electrons. The van der Waals surface area contributed by atoms with E-state index in [1.54, 1.807) is 0 Å². The lowest BCUT2D eigenvalue weighted by atomic mass is 10.1. The molecule has 0 unspecified atom stereocenters. The molecule has 0 bridgehead atoms. The van der Waals surface area contributed by atoms with Gasteiger partial charge < -0.3 is 10.2 Å². The van der Waals surface area contributed by atoms with E-state index in [1.165, 1.54) is 16.7 Å². The molecule has 1 heterocycles. The topological polar surface area (TPSA) is 41.1 Å². The highest BCUT2D eigenvalue weighted by Gasteiger charge is 2.09.